The third-order valence-electron chi connectivity index (χ3n) is 4.51. The third kappa shape index (κ3) is 4.98. The minimum absolute atomic E-state index is 0.0536. The molecule has 0 saturated carbocycles. The molecule has 0 unspecified atom stereocenters. The molecule has 27 heavy (non-hydrogen) atoms. The van der Waals surface area contributed by atoms with Crippen molar-refractivity contribution in [3.63, 3.8) is 0 Å². The highest BCUT2D eigenvalue weighted by molar-refractivity contribution is 7.53. The number of hydrogen-bond acceptors (Lipinski definition) is 4. The fraction of sp³-hybridized carbons (Fsp3) is 0.429. The van der Waals surface area contributed by atoms with Crippen LogP contribution in [0.2, 0.25) is 5.04 Å². The van der Waals surface area contributed by atoms with Crippen molar-refractivity contribution in [2.75, 3.05) is 19.6 Å². The number of hydrogen-bond donors (Lipinski definition) is 0. The van der Waals surface area contributed by atoms with E-state index in [1.165, 1.54) is 0 Å². The Hall–Kier alpha value is -1.23. The summed E-state index contributed by atoms with van der Waals surface area (Å²) in [5.74, 6) is 0. The second kappa shape index (κ2) is 9.31. The zero-order valence-corrected chi connectivity index (χ0v) is 18.9. The van der Waals surface area contributed by atoms with Crippen molar-refractivity contribution in [1.82, 2.24) is 0 Å². The van der Waals surface area contributed by atoms with Crippen molar-refractivity contribution in [3.05, 3.63) is 60.7 Å². The maximum Gasteiger partial charge on any atom is 0.354 e. The van der Waals surface area contributed by atoms with Gasteiger partial charge in [0.05, 0.1) is 13.2 Å². The molecule has 0 aliphatic carbocycles. The van der Waals surface area contributed by atoms with Crippen LogP contribution < -0.4 is 10.4 Å². The topological polar surface area (TPSA) is 44.8 Å². The SMILES string of the molecule is CCOP(=O)(CO[Si](c1ccccc1)(c1ccccc1)C(C)(C)C)OCC. The summed E-state index contributed by atoms with van der Waals surface area (Å²) in [6, 6.07) is 20.5. The van der Waals surface area contributed by atoms with Gasteiger partial charge in [-0.25, -0.2) is 0 Å². The van der Waals surface area contributed by atoms with Gasteiger partial charge in [-0.1, -0.05) is 81.4 Å². The van der Waals surface area contributed by atoms with E-state index in [0.29, 0.717) is 13.2 Å². The van der Waals surface area contributed by atoms with Crippen LogP contribution in [0.3, 0.4) is 0 Å². The Bertz CT molecular complexity index is 694. The van der Waals surface area contributed by atoms with E-state index in [4.69, 9.17) is 13.5 Å². The summed E-state index contributed by atoms with van der Waals surface area (Å²) >= 11 is 0. The molecule has 0 saturated heterocycles. The smallest absolute Gasteiger partial charge is 0.354 e. The molecule has 0 spiro atoms. The molecular weight excluding hydrogens is 375 g/mol. The highest BCUT2D eigenvalue weighted by atomic mass is 31.2. The lowest BCUT2D eigenvalue weighted by atomic mass is 10.2. The first-order valence-electron chi connectivity index (χ1n) is 9.42. The molecule has 0 amide bonds. The lowest BCUT2D eigenvalue weighted by molar-refractivity contribution is 0.194. The minimum atomic E-state index is -3.31. The molecule has 2 aromatic rings. The van der Waals surface area contributed by atoms with Gasteiger partial charge in [-0.05, 0) is 29.3 Å². The van der Waals surface area contributed by atoms with Crippen molar-refractivity contribution in [1.29, 1.82) is 0 Å². The van der Waals surface area contributed by atoms with Gasteiger partial charge < -0.3 is 13.5 Å². The summed E-state index contributed by atoms with van der Waals surface area (Å²) in [4.78, 5) is 0. The van der Waals surface area contributed by atoms with Crippen molar-refractivity contribution < 1.29 is 18.0 Å². The fourth-order valence-electron chi connectivity index (χ4n) is 3.44. The Kier molecular flexibility index (Phi) is 7.61. The van der Waals surface area contributed by atoms with Crippen LogP contribution in [-0.4, -0.2) is 27.9 Å². The van der Waals surface area contributed by atoms with Gasteiger partial charge >= 0.3 is 7.60 Å². The third-order valence-corrected chi connectivity index (χ3v) is 11.5. The van der Waals surface area contributed by atoms with E-state index in [1.807, 2.05) is 50.2 Å². The summed E-state index contributed by atoms with van der Waals surface area (Å²) in [7, 11) is -6.06. The van der Waals surface area contributed by atoms with E-state index < -0.39 is 15.9 Å². The van der Waals surface area contributed by atoms with Crippen LogP contribution in [-0.2, 0) is 18.0 Å². The summed E-state index contributed by atoms with van der Waals surface area (Å²) in [5, 5.41) is 2.10. The van der Waals surface area contributed by atoms with Gasteiger partial charge in [0.2, 0.25) is 0 Å². The van der Waals surface area contributed by atoms with E-state index in [-0.39, 0.29) is 11.4 Å². The lowest BCUT2D eigenvalue weighted by Gasteiger charge is -2.43. The molecule has 4 nitrogen and oxygen atoms in total. The van der Waals surface area contributed by atoms with Crippen LogP contribution in [0.5, 0.6) is 0 Å². The van der Waals surface area contributed by atoms with Gasteiger partial charge in [0.1, 0.15) is 6.35 Å². The molecule has 0 N–H and O–H groups in total. The highest BCUT2D eigenvalue weighted by Crippen LogP contribution is 2.50. The predicted octanol–water partition coefficient (Wildman–Crippen LogP) is 4.79. The summed E-state index contributed by atoms with van der Waals surface area (Å²) < 4.78 is 30.7. The average Bonchev–Trinajstić information content (AvgIpc) is 2.63. The Morgan fingerprint density at radius 3 is 1.56 bits per heavy atom. The molecule has 148 valence electrons. The monoisotopic (exact) mass is 406 g/mol. The zero-order chi connectivity index (χ0) is 20.0. The maximum atomic E-state index is 13.1. The first-order valence-corrected chi connectivity index (χ1v) is 13.1. The standard InChI is InChI=1S/C21H31O4PSi/c1-6-23-26(22,24-7-2)18-25-27(21(3,4)5,19-14-10-8-11-15-19)20-16-12-9-13-17-20/h8-17H,6-7,18H2,1-5H3. The van der Waals surface area contributed by atoms with Gasteiger partial charge in [-0.15, -0.1) is 0 Å². The van der Waals surface area contributed by atoms with Crippen LogP contribution in [0.4, 0.5) is 0 Å². The molecular formula is C21H31O4PSi. The molecule has 0 heterocycles. The zero-order valence-electron chi connectivity index (χ0n) is 17.0. The molecule has 2 aromatic carbocycles. The first-order chi connectivity index (χ1) is 12.8. The molecule has 0 fully saturated rings. The quantitative estimate of drug-likeness (QED) is 0.444. The lowest BCUT2D eigenvalue weighted by Crippen LogP contribution is -2.66. The number of rotatable bonds is 9. The average molecular weight is 407 g/mol. The van der Waals surface area contributed by atoms with Gasteiger partial charge in [-0.3, -0.25) is 4.57 Å². The van der Waals surface area contributed by atoms with E-state index in [1.54, 1.807) is 0 Å². The molecule has 0 aromatic heterocycles. The van der Waals surface area contributed by atoms with Crippen LogP contribution in [0.15, 0.2) is 60.7 Å². The maximum absolute atomic E-state index is 13.1. The summed E-state index contributed by atoms with van der Waals surface area (Å²) in [6.07, 6.45) is -0.0536. The molecule has 0 radical (unpaired) electrons. The molecule has 0 aliphatic rings. The molecule has 0 bridgehead atoms. The molecule has 6 heteroatoms. The Balaban J connectivity index is 2.57. The van der Waals surface area contributed by atoms with Crippen LogP contribution in [0.25, 0.3) is 0 Å². The summed E-state index contributed by atoms with van der Waals surface area (Å²) in [5.41, 5.74) is 0. The highest BCUT2D eigenvalue weighted by Gasteiger charge is 2.51. The Morgan fingerprint density at radius 1 is 0.815 bits per heavy atom. The fourth-order valence-corrected chi connectivity index (χ4v) is 10.0. The molecule has 0 atom stereocenters. The van der Waals surface area contributed by atoms with E-state index in [9.17, 15) is 4.57 Å². The minimum Gasteiger partial charge on any atom is -0.395 e. The second-order valence-electron chi connectivity index (χ2n) is 7.38. The van der Waals surface area contributed by atoms with Crippen LogP contribution in [0, 0.1) is 0 Å². The second-order valence-corrected chi connectivity index (χ2v) is 13.7. The van der Waals surface area contributed by atoms with Gasteiger partial charge in [0.25, 0.3) is 8.32 Å². The van der Waals surface area contributed by atoms with E-state index in [0.717, 1.165) is 10.4 Å². The van der Waals surface area contributed by atoms with E-state index in [2.05, 4.69) is 45.0 Å². The summed E-state index contributed by atoms with van der Waals surface area (Å²) in [6.45, 7) is 10.8. The van der Waals surface area contributed by atoms with Crippen molar-refractivity contribution in [2.45, 2.75) is 39.7 Å². The van der Waals surface area contributed by atoms with Gasteiger partial charge in [0.15, 0.2) is 0 Å². The Morgan fingerprint density at radius 2 is 1.22 bits per heavy atom. The van der Waals surface area contributed by atoms with Crippen molar-refractivity contribution in [2.24, 2.45) is 0 Å². The van der Waals surface area contributed by atoms with Crippen LogP contribution in [0.1, 0.15) is 34.6 Å². The molecule has 2 rings (SSSR count). The first kappa shape index (κ1) is 22.1. The van der Waals surface area contributed by atoms with Gasteiger partial charge in [0, 0.05) is 0 Å². The number of benzene rings is 2. The van der Waals surface area contributed by atoms with Crippen molar-refractivity contribution in [3.8, 4) is 0 Å². The van der Waals surface area contributed by atoms with E-state index >= 15 is 0 Å². The van der Waals surface area contributed by atoms with Gasteiger partial charge in [-0.2, -0.15) is 0 Å². The molecule has 0 aliphatic heterocycles. The normalized spacial score (nSPS) is 12.9. The van der Waals surface area contributed by atoms with Crippen molar-refractivity contribution >= 4 is 26.3 Å². The van der Waals surface area contributed by atoms with Crippen LogP contribution >= 0.6 is 7.60 Å². The largest absolute Gasteiger partial charge is 0.395 e. The Labute approximate surface area is 164 Å². The predicted molar refractivity (Wildman–Crippen MR) is 114 cm³/mol.